The van der Waals surface area contributed by atoms with Crippen LogP contribution in [0.3, 0.4) is 0 Å². The van der Waals surface area contributed by atoms with E-state index in [0.717, 1.165) is 41.9 Å². The quantitative estimate of drug-likeness (QED) is 0.459. The van der Waals surface area contributed by atoms with Crippen LogP contribution in [-0.2, 0) is 19.6 Å². The highest BCUT2D eigenvalue weighted by atomic mass is 32.2. The Labute approximate surface area is 185 Å². The number of hydrogen-bond acceptors (Lipinski definition) is 5. The molecule has 1 atom stereocenters. The van der Waals surface area contributed by atoms with E-state index in [1.807, 2.05) is 0 Å². The van der Waals surface area contributed by atoms with E-state index in [-0.39, 0.29) is 22.9 Å². The van der Waals surface area contributed by atoms with Crippen LogP contribution in [0.4, 0.5) is 10.1 Å². The van der Waals surface area contributed by atoms with Gasteiger partial charge in [-0.15, -0.1) is 11.3 Å². The molecular formula is C22H23FN2O4S2. The summed E-state index contributed by atoms with van der Waals surface area (Å²) in [7, 11) is -3.95. The van der Waals surface area contributed by atoms with Gasteiger partial charge >= 0.3 is 0 Å². The molecule has 1 aliphatic carbocycles. The van der Waals surface area contributed by atoms with Gasteiger partial charge in [-0.2, -0.15) is 4.31 Å². The van der Waals surface area contributed by atoms with Crippen LogP contribution in [0, 0.1) is 5.82 Å². The van der Waals surface area contributed by atoms with Crippen LogP contribution in [0.1, 0.15) is 38.5 Å². The Morgan fingerprint density at radius 1 is 1.13 bits per heavy atom. The molecule has 1 aromatic carbocycles. The van der Waals surface area contributed by atoms with Crippen LogP contribution >= 0.6 is 11.3 Å². The smallest absolute Gasteiger partial charge is 0.253 e. The summed E-state index contributed by atoms with van der Waals surface area (Å²) >= 11 is 1.08. The fourth-order valence-electron chi connectivity index (χ4n) is 4.06. The Balaban J connectivity index is 1.64. The van der Waals surface area contributed by atoms with Crippen molar-refractivity contribution >= 4 is 38.9 Å². The topological polar surface area (TPSA) is 74.8 Å². The number of thiophene rings is 1. The van der Waals surface area contributed by atoms with Gasteiger partial charge in [0.05, 0.1) is 12.1 Å². The summed E-state index contributed by atoms with van der Waals surface area (Å²) in [5.74, 6) is -1.58. The van der Waals surface area contributed by atoms with Crippen molar-refractivity contribution in [3.63, 3.8) is 0 Å². The summed E-state index contributed by atoms with van der Waals surface area (Å²) in [6.45, 7) is 0.132. The fraction of sp³-hybridized carbons (Fsp3) is 0.364. The number of allylic oxidation sites excluding steroid dienone is 1. The highest BCUT2D eigenvalue weighted by Gasteiger charge is 2.47. The molecule has 2 heterocycles. The molecule has 1 saturated heterocycles. The average molecular weight is 463 g/mol. The number of sulfonamides is 1. The van der Waals surface area contributed by atoms with Crippen molar-refractivity contribution in [2.24, 2.45) is 0 Å². The summed E-state index contributed by atoms with van der Waals surface area (Å²) < 4.78 is 41.4. The first kappa shape index (κ1) is 21.9. The second kappa shape index (κ2) is 9.02. The molecule has 2 aliphatic rings. The molecule has 0 saturated carbocycles. The second-order valence-electron chi connectivity index (χ2n) is 7.67. The highest BCUT2D eigenvalue weighted by Crippen LogP contribution is 2.32. The molecule has 0 N–H and O–H groups in total. The van der Waals surface area contributed by atoms with Crippen LogP contribution in [-0.4, -0.2) is 37.1 Å². The number of halogens is 1. The molecule has 1 fully saturated rings. The SMILES string of the molecule is O=C1CC(N(CCC2=CCCCC2)S(=O)(=O)c2cccs2)C(=O)N1c1ccc(F)cc1. The Morgan fingerprint density at radius 3 is 2.55 bits per heavy atom. The minimum atomic E-state index is -3.95. The fourth-order valence-corrected chi connectivity index (χ4v) is 6.76. The lowest BCUT2D eigenvalue weighted by Gasteiger charge is -2.27. The molecule has 0 spiro atoms. The maximum atomic E-state index is 13.4. The third-order valence-electron chi connectivity index (χ3n) is 5.65. The molecule has 31 heavy (non-hydrogen) atoms. The molecule has 0 radical (unpaired) electrons. The van der Waals surface area contributed by atoms with Gasteiger partial charge in [-0.1, -0.05) is 17.7 Å². The highest BCUT2D eigenvalue weighted by molar-refractivity contribution is 7.91. The standard InChI is InChI=1S/C22H23FN2O4S2/c23-17-8-10-18(11-9-17)25-20(26)15-19(22(25)27)24(13-12-16-5-2-1-3-6-16)31(28,29)21-7-4-14-30-21/h4-5,7-11,14,19H,1-3,6,12-13,15H2. The molecule has 2 aromatic rings. The molecule has 9 heteroatoms. The predicted octanol–water partition coefficient (Wildman–Crippen LogP) is 4.10. The van der Waals surface area contributed by atoms with E-state index in [1.54, 1.807) is 11.4 Å². The molecule has 6 nitrogen and oxygen atoms in total. The van der Waals surface area contributed by atoms with Crippen LogP contribution < -0.4 is 4.90 Å². The van der Waals surface area contributed by atoms with Gasteiger partial charge in [0.15, 0.2) is 0 Å². The molecule has 2 amide bonds. The minimum Gasteiger partial charge on any atom is -0.274 e. The van der Waals surface area contributed by atoms with Crippen LogP contribution in [0.5, 0.6) is 0 Å². The Bertz CT molecular complexity index is 1100. The van der Waals surface area contributed by atoms with Gasteiger partial charge in [0, 0.05) is 6.54 Å². The lowest BCUT2D eigenvalue weighted by atomic mass is 9.97. The minimum absolute atomic E-state index is 0.132. The first-order valence-corrected chi connectivity index (χ1v) is 12.6. The Hall–Kier alpha value is -2.36. The van der Waals surface area contributed by atoms with Crippen LogP contribution in [0.15, 0.2) is 57.6 Å². The lowest BCUT2D eigenvalue weighted by Crippen LogP contribution is -2.45. The van der Waals surface area contributed by atoms with E-state index in [2.05, 4.69) is 6.08 Å². The van der Waals surface area contributed by atoms with E-state index in [0.29, 0.717) is 6.42 Å². The first-order chi connectivity index (χ1) is 14.9. The predicted molar refractivity (Wildman–Crippen MR) is 117 cm³/mol. The summed E-state index contributed by atoms with van der Waals surface area (Å²) in [5, 5.41) is 1.67. The van der Waals surface area contributed by atoms with Gasteiger partial charge in [-0.3, -0.25) is 9.59 Å². The van der Waals surface area contributed by atoms with Gasteiger partial charge in [0.25, 0.3) is 15.9 Å². The maximum Gasteiger partial charge on any atom is 0.253 e. The van der Waals surface area contributed by atoms with Gasteiger partial charge in [-0.25, -0.2) is 17.7 Å². The zero-order valence-electron chi connectivity index (χ0n) is 16.9. The number of carbonyl (C=O) groups excluding carboxylic acids is 2. The maximum absolute atomic E-state index is 13.4. The number of benzene rings is 1. The van der Waals surface area contributed by atoms with Crippen LogP contribution in [0.2, 0.25) is 0 Å². The number of rotatable bonds is 7. The van der Waals surface area contributed by atoms with E-state index in [4.69, 9.17) is 0 Å². The summed E-state index contributed by atoms with van der Waals surface area (Å²) in [6.07, 6.45) is 6.54. The van der Waals surface area contributed by atoms with Gasteiger partial charge in [0.2, 0.25) is 5.91 Å². The number of amides is 2. The number of hydrogen-bond donors (Lipinski definition) is 0. The largest absolute Gasteiger partial charge is 0.274 e. The van der Waals surface area contributed by atoms with Crippen molar-refractivity contribution in [1.29, 1.82) is 0 Å². The molecular weight excluding hydrogens is 439 g/mol. The summed E-state index contributed by atoms with van der Waals surface area (Å²) in [4.78, 5) is 26.8. The monoisotopic (exact) mass is 462 g/mol. The lowest BCUT2D eigenvalue weighted by molar-refractivity contribution is -0.122. The van der Waals surface area contributed by atoms with Crippen molar-refractivity contribution < 1.29 is 22.4 Å². The average Bonchev–Trinajstić information content (AvgIpc) is 3.39. The van der Waals surface area contributed by atoms with Crippen molar-refractivity contribution in [3.8, 4) is 0 Å². The number of nitrogens with zero attached hydrogens (tertiary/aromatic N) is 2. The first-order valence-electron chi connectivity index (χ1n) is 10.2. The number of carbonyl (C=O) groups is 2. The van der Waals surface area contributed by atoms with Crippen LogP contribution in [0.25, 0.3) is 0 Å². The van der Waals surface area contributed by atoms with Crippen molar-refractivity contribution in [2.75, 3.05) is 11.4 Å². The Morgan fingerprint density at radius 2 is 1.90 bits per heavy atom. The van der Waals surface area contributed by atoms with Gasteiger partial charge in [0.1, 0.15) is 16.1 Å². The van der Waals surface area contributed by atoms with Crippen molar-refractivity contribution in [2.45, 2.75) is 48.8 Å². The third-order valence-corrected chi connectivity index (χ3v) is 8.93. The van der Waals surface area contributed by atoms with Gasteiger partial charge in [-0.05, 0) is 67.8 Å². The summed E-state index contributed by atoms with van der Waals surface area (Å²) in [5.41, 5.74) is 1.42. The number of anilines is 1. The summed E-state index contributed by atoms with van der Waals surface area (Å²) in [6, 6.07) is 7.06. The third kappa shape index (κ3) is 4.49. The molecule has 4 rings (SSSR count). The normalized spacial score (nSPS) is 19.9. The molecule has 164 valence electrons. The van der Waals surface area contributed by atoms with Gasteiger partial charge < -0.3 is 0 Å². The Kier molecular flexibility index (Phi) is 6.36. The van der Waals surface area contributed by atoms with E-state index in [9.17, 15) is 22.4 Å². The van der Waals surface area contributed by atoms with E-state index < -0.39 is 33.7 Å². The zero-order valence-corrected chi connectivity index (χ0v) is 18.5. The molecule has 1 aromatic heterocycles. The zero-order chi connectivity index (χ0) is 22.0. The van der Waals surface area contributed by atoms with Crippen molar-refractivity contribution in [3.05, 3.63) is 59.2 Å². The number of imide groups is 1. The molecule has 1 aliphatic heterocycles. The molecule has 1 unspecified atom stereocenters. The second-order valence-corrected chi connectivity index (χ2v) is 10.7. The molecule has 0 bridgehead atoms. The van der Waals surface area contributed by atoms with Crippen molar-refractivity contribution in [1.82, 2.24) is 4.31 Å². The van der Waals surface area contributed by atoms with E-state index in [1.165, 1.54) is 40.2 Å². The van der Waals surface area contributed by atoms with E-state index >= 15 is 0 Å².